The van der Waals surface area contributed by atoms with Crippen LogP contribution in [-0.4, -0.2) is 18.2 Å². The van der Waals surface area contributed by atoms with Gasteiger partial charge in [-0.25, -0.2) is 4.39 Å². The van der Waals surface area contributed by atoms with Gasteiger partial charge in [-0.15, -0.1) is 0 Å². The smallest absolute Gasteiger partial charge is 0.433 e. The Morgan fingerprint density at radius 2 is 1.29 bits per heavy atom. The highest BCUT2D eigenvalue weighted by Crippen LogP contribution is 2.46. The molecule has 0 aliphatic heterocycles. The van der Waals surface area contributed by atoms with Crippen LogP contribution in [0.2, 0.25) is 0 Å². The Labute approximate surface area is 71.9 Å². The van der Waals surface area contributed by atoms with Gasteiger partial charge >= 0.3 is 18.2 Å². The third-order valence-corrected chi connectivity index (χ3v) is 0.989. The molecule has 0 bridgehead atoms. The van der Waals surface area contributed by atoms with E-state index in [-0.39, 0.29) is 0 Å². The molecule has 0 saturated heterocycles. The maximum atomic E-state index is 12.0. The fraction of sp³-hybridized carbons (Fsp3) is 0.600. The summed E-state index contributed by atoms with van der Waals surface area (Å²) in [7, 11) is 0. The van der Waals surface area contributed by atoms with Crippen LogP contribution in [0.25, 0.3) is 0 Å². The van der Waals surface area contributed by atoms with Gasteiger partial charge in [-0.1, -0.05) is 0 Å². The van der Waals surface area contributed by atoms with Crippen LogP contribution in [-0.2, 0) is 4.74 Å². The lowest BCUT2D eigenvalue weighted by molar-refractivity contribution is -0.413. The van der Waals surface area contributed by atoms with Crippen LogP contribution in [0.3, 0.4) is 0 Å². The summed E-state index contributed by atoms with van der Waals surface area (Å²) in [6.07, 6.45) is -13.7. The first kappa shape index (κ1) is 13.0. The second-order valence-electron chi connectivity index (χ2n) is 1.97. The van der Waals surface area contributed by atoms with E-state index in [1.165, 1.54) is 0 Å². The highest BCUT2D eigenvalue weighted by molar-refractivity contribution is 4.86. The van der Waals surface area contributed by atoms with Gasteiger partial charge in [0.1, 0.15) is 12.6 Å². The third-order valence-electron chi connectivity index (χ3n) is 0.989. The lowest BCUT2D eigenvalue weighted by Gasteiger charge is -2.26. The van der Waals surface area contributed by atoms with E-state index in [0.717, 1.165) is 0 Å². The van der Waals surface area contributed by atoms with Crippen molar-refractivity contribution in [3.63, 3.8) is 0 Å². The monoisotopic (exact) mass is 230 g/mol. The normalized spacial score (nSPS) is 14.9. The Bertz CT molecular complexity index is 216. The van der Waals surface area contributed by atoms with Crippen LogP contribution in [0.15, 0.2) is 12.6 Å². The molecule has 0 unspecified atom stereocenters. The van der Waals surface area contributed by atoms with Crippen LogP contribution in [0.4, 0.5) is 35.1 Å². The van der Waals surface area contributed by atoms with Gasteiger partial charge in [-0.3, -0.25) is 0 Å². The average molecular weight is 230 g/mol. The van der Waals surface area contributed by atoms with Crippen molar-refractivity contribution in [3.05, 3.63) is 12.6 Å². The maximum absolute atomic E-state index is 12.0. The Balaban J connectivity index is 4.87. The quantitative estimate of drug-likeness (QED) is 0.534. The summed E-state index contributed by atoms with van der Waals surface area (Å²) >= 11 is 0. The molecule has 0 aromatic heterocycles. The molecule has 84 valence electrons. The van der Waals surface area contributed by atoms with E-state index < -0.39 is 30.8 Å². The predicted molar refractivity (Wildman–Crippen MR) is 27.3 cm³/mol. The molecular formula is C5H2F8O. The topological polar surface area (TPSA) is 9.23 Å². The standard InChI is InChI=1S/C5H2F8O/c6-1-2-14-5(12,13)3(7,8)4(9,10)11/h1-2H/b2-1-. The Kier molecular flexibility index (Phi) is 3.35. The Morgan fingerprint density at radius 3 is 1.57 bits per heavy atom. The molecule has 0 heterocycles. The fourth-order valence-corrected chi connectivity index (χ4v) is 0.350. The van der Waals surface area contributed by atoms with E-state index in [1.54, 1.807) is 0 Å². The van der Waals surface area contributed by atoms with E-state index >= 15 is 0 Å². The Hall–Kier alpha value is -1.02. The summed E-state index contributed by atoms with van der Waals surface area (Å²) in [5.41, 5.74) is 0. The molecule has 0 spiro atoms. The molecule has 0 atom stereocenters. The summed E-state index contributed by atoms with van der Waals surface area (Å²) in [6, 6.07) is 0. The highest BCUT2D eigenvalue weighted by Gasteiger charge is 2.75. The number of rotatable bonds is 3. The molecule has 0 N–H and O–H groups in total. The van der Waals surface area contributed by atoms with Gasteiger partial charge in [-0.05, 0) is 0 Å². The minimum absolute atomic E-state index is 0.611. The SMILES string of the molecule is F/C=C\OC(F)(F)C(F)(F)C(F)(F)F. The zero-order chi connectivity index (χ0) is 11.6. The number of alkyl halides is 7. The molecule has 0 aliphatic rings. The molecule has 14 heavy (non-hydrogen) atoms. The summed E-state index contributed by atoms with van der Waals surface area (Å²) in [4.78, 5) is 0. The average Bonchev–Trinajstić information content (AvgIpc) is 1.98. The molecular weight excluding hydrogens is 228 g/mol. The van der Waals surface area contributed by atoms with Gasteiger partial charge in [0.15, 0.2) is 0 Å². The zero-order valence-electron chi connectivity index (χ0n) is 6.09. The van der Waals surface area contributed by atoms with Gasteiger partial charge in [0.25, 0.3) is 0 Å². The molecule has 0 fully saturated rings. The highest BCUT2D eigenvalue weighted by atomic mass is 19.4. The van der Waals surface area contributed by atoms with Crippen molar-refractivity contribution in [2.75, 3.05) is 0 Å². The fourth-order valence-electron chi connectivity index (χ4n) is 0.350. The summed E-state index contributed by atoms with van der Waals surface area (Å²) in [5, 5.41) is 0. The maximum Gasteiger partial charge on any atom is 0.473 e. The lowest BCUT2D eigenvalue weighted by atomic mass is 10.3. The van der Waals surface area contributed by atoms with Crippen molar-refractivity contribution in [2.45, 2.75) is 18.2 Å². The third kappa shape index (κ3) is 2.26. The first-order chi connectivity index (χ1) is 6.06. The Morgan fingerprint density at radius 1 is 0.857 bits per heavy atom. The molecule has 1 nitrogen and oxygen atoms in total. The van der Waals surface area contributed by atoms with Crippen LogP contribution < -0.4 is 0 Å². The predicted octanol–water partition coefficient (Wildman–Crippen LogP) is 3.23. The largest absolute Gasteiger partial charge is 0.473 e. The van der Waals surface area contributed by atoms with E-state index in [1.807, 2.05) is 0 Å². The van der Waals surface area contributed by atoms with Crippen LogP contribution in [0, 0.1) is 0 Å². The minimum Gasteiger partial charge on any atom is -0.433 e. The van der Waals surface area contributed by atoms with E-state index in [4.69, 9.17) is 0 Å². The number of hydrogen-bond acceptors (Lipinski definition) is 1. The van der Waals surface area contributed by atoms with E-state index in [9.17, 15) is 35.1 Å². The van der Waals surface area contributed by atoms with Crippen molar-refractivity contribution in [1.82, 2.24) is 0 Å². The van der Waals surface area contributed by atoms with Crippen LogP contribution in [0.5, 0.6) is 0 Å². The molecule has 0 aliphatic carbocycles. The molecule has 0 aromatic carbocycles. The summed E-state index contributed by atoms with van der Waals surface area (Å²) in [6.45, 7) is 0. The first-order valence-electron chi connectivity index (χ1n) is 2.81. The number of ether oxygens (including phenoxy) is 1. The van der Waals surface area contributed by atoms with Gasteiger partial charge in [0, 0.05) is 0 Å². The minimum atomic E-state index is -6.49. The molecule has 9 heteroatoms. The molecule has 0 amide bonds. The van der Waals surface area contributed by atoms with E-state index in [2.05, 4.69) is 4.74 Å². The van der Waals surface area contributed by atoms with Crippen molar-refractivity contribution < 1.29 is 39.9 Å². The number of hydrogen-bond donors (Lipinski definition) is 0. The molecule has 0 rings (SSSR count). The molecule has 0 saturated carbocycles. The van der Waals surface area contributed by atoms with Crippen LogP contribution >= 0.6 is 0 Å². The van der Waals surface area contributed by atoms with Crippen molar-refractivity contribution in [2.24, 2.45) is 0 Å². The molecule has 0 radical (unpaired) electrons. The second-order valence-corrected chi connectivity index (χ2v) is 1.97. The van der Waals surface area contributed by atoms with Crippen molar-refractivity contribution in [1.29, 1.82) is 0 Å². The summed E-state index contributed by atoms with van der Waals surface area (Å²) in [5.74, 6) is -6.39. The van der Waals surface area contributed by atoms with Crippen LogP contribution in [0.1, 0.15) is 0 Å². The van der Waals surface area contributed by atoms with Gasteiger partial charge in [0.2, 0.25) is 0 Å². The second kappa shape index (κ2) is 3.62. The van der Waals surface area contributed by atoms with Crippen molar-refractivity contribution >= 4 is 0 Å². The first-order valence-corrected chi connectivity index (χ1v) is 2.81. The van der Waals surface area contributed by atoms with Crippen molar-refractivity contribution in [3.8, 4) is 0 Å². The van der Waals surface area contributed by atoms with Gasteiger partial charge in [-0.2, -0.15) is 30.7 Å². The molecule has 0 aromatic rings. The number of halogens is 8. The lowest BCUT2D eigenvalue weighted by Crippen LogP contribution is -2.52. The van der Waals surface area contributed by atoms with Gasteiger partial charge < -0.3 is 4.74 Å². The van der Waals surface area contributed by atoms with Gasteiger partial charge in [0.05, 0.1) is 0 Å². The summed E-state index contributed by atoms with van der Waals surface area (Å²) < 4.78 is 95.3. The van der Waals surface area contributed by atoms with E-state index in [0.29, 0.717) is 0 Å². The zero-order valence-corrected chi connectivity index (χ0v) is 6.09.